The van der Waals surface area contributed by atoms with Gasteiger partial charge in [-0.2, -0.15) is 13.2 Å². The fraction of sp³-hybridized carbons (Fsp3) is 0.263. The van der Waals surface area contributed by atoms with Gasteiger partial charge >= 0.3 is 6.18 Å². The lowest BCUT2D eigenvalue weighted by Gasteiger charge is -2.18. The molecular weight excluding hydrogens is 397 g/mol. The second kappa shape index (κ2) is 7.71. The van der Waals surface area contributed by atoms with Crippen molar-refractivity contribution in [3.8, 4) is 5.75 Å². The highest BCUT2D eigenvalue weighted by molar-refractivity contribution is 6.31. The number of carbonyl (C=O) groups excluding carboxylic acids is 2. The Labute approximate surface area is 164 Å². The molecule has 1 atom stereocenters. The Morgan fingerprint density at radius 1 is 1.25 bits per heavy atom. The summed E-state index contributed by atoms with van der Waals surface area (Å²) in [4.78, 5) is 26.1. The van der Waals surface area contributed by atoms with Crippen LogP contribution >= 0.6 is 11.6 Å². The SMILES string of the molecule is COc1ccc(Cl)cc1NC(=O)[C@H]1CC(=O)N(c2cccc(C(F)(F)F)c2)C1. The predicted molar refractivity (Wildman–Crippen MR) is 98.5 cm³/mol. The number of methoxy groups -OCH3 is 1. The van der Waals surface area contributed by atoms with Gasteiger partial charge in [-0.3, -0.25) is 9.59 Å². The van der Waals surface area contributed by atoms with Gasteiger partial charge in [-0.1, -0.05) is 17.7 Å². The lowest BCUT2D eigenvalue weighted by atomic mass is 10.1. The molecule has 1 saturated heterocycles. The molecule has 148 valence electrons. The first kappa shape index (κ1) is 20.0. The van der Waals surface area contributed by atoms with Crippen LogP contribution in [0, 0.1) is 5.92 Å². The number of amides is 2. The lowest BCUT2D eigenvalue weighted by Crippen LogP contribution is -2.28. The Morgan fingerprint density at radius 2 is 2.00 bits per heavy atom. The van der Waals surface area contributed by atoms with Crippen molar-refractivity contribution in [1.82, 2.24) is 0 Å². The minimum absolute atomic E-state index is 0.0190. The summed E-state index contributed by atoms with van der Waals surface area (Å²) in [7, 11) is 1.44. The Balaban J connectivity index is 1.76. The van der Waals surface area contributed by atoms with E-state index in [9.17, 15) is 22.8 Å². The molecule has 0 saturated carbocycles. The van der Waals surface area contributed by atoms with Crippen LogP contribution in [-0.4, -0.2) is 25.5 Å². The highest BCUT2D eigenvalue weighted by Crippen LogP contribution is 2.34. The number of rotatable bonds is 4. The molecule has 0 aliphatic carbocycles. The monoisotopic (exact) mass is 412 g/mol. The molecule has 2 aromatic rings. The minimum Gasteiger partial charge on any atom is -0.495 e. The second-order valence-electron chi connectivity index (χ2n) is 6.29. The first-order valence-electron chi connectivity index (χ1n) is 8.31. The van der Waals surface area contributed by atoms with E-state index >= 15 is 0 Å². The van der Waals surface area contributed by atoms with Crippen LogP contribution in [-0.2, 0) is 15.8 Å². The van der Waals surface area contributed by atoms with Crippen LogP contribution in [0.1, 0.15) is 12.0 Å². The van der Waals surface area contributed by atoms with Crippen molar-refractivity contribution in [1.29, 1.82) is 0 Å². The van der Waals surface area contributed by atoms with Crippen molar-refractivity contribution < 1.29 is 27.5 Å². The molecule has 0 radical (unpaired) electrons. The van der Waals surface area contributed by atoms with Crippen LogP contribution in [0.4, 0.5) is 24.5 Å². The molecule has 1 N–H and O–H groups in total. The van der Waals surface area contributed by atoms with Gasteiger partial charge in [-0.15, -0.1) is 0 Å². The maximum Gasteiger partial charge on any atom is 0.416 e. The zero-order chi connectivity index (χ0) is 20.5. The van der Waals surface area contributed by atoms with Crippen LogP contribution in [0.25, 0.3) is 0 Å². The summed E-state index contributed by atoms with van der Waals surface area (Å²) in [5.74, 6) is -1.18. The molecular formula is C19H16ClF3N2O3. The van der Waals surface area contributed by atoms with Crippen molar-refractivity contribution in [3.63, 3.8) is 0 Å². The minimum atomic E-state index is -4.52. The molecule has 2 aromatic carbocycles. The summed E-state index contributed by atoms with van der Waals surface area (Å²) in [6.45, 7) is -0.0190. The third-order valence-corrected chi connectivity index (χ3v) is 4.64. The Morgan fingerprint density at radius 3 is 2.68 bits per heavy atom. The second-order valence-corrected chi connectivity index (χ2v) is 6.72. The summed E-state index contributed by atoms with van der Waals surface area (Å²) in [6, 6.07) is 9.18. The third kappa shape index (κ3) is 4.22. The van der Waals surface area contributed by atoms with Crippen LogP contribution in [0.15, 0.2) is 42.5 Å². The van der Waals surface area contributed by atoms with Crippen molar-refractivity contribution in [2.24, 2.45) is 5.92 Å². The fourth-order valence-corrected chi connectivity index (χ4v) is 3.17. The average molecular weight is 413 g/mol. The van der Waals surface area contributed by atoms with Gasteiger partial charge < -0.3 is 15.0 Å². The van der Waals surface area contributed by atoms with Crippen LogP contribution in [0.5, 0.6) is 5.75 Å². The lowest BCUT2D eigenvalue weighted by molar-refractivity contribution is -0.137. The van der Waals surface area contributed by atoms with E-state index < -0.39 is 29.5 Å². The topological polar surface area (TPSA) is 58.6 Å². The van der Waals surface area contributed by atoms with Crippen molar-refractivity contribution in [3.05, 3.63) is 53.1 Å². The van der Waals surface area contributed by atoms with Gasteiger partial charge in [-0.05, 0) is 36.4 Å². The normalized spacial score (nSPS) is 17.0. The third-order valence-electron chi connectivity index (χ3n) is 4.40. The zero-order valence-electron chi connectivity index (χ0n) is 14.7. The highest BCUT2D eigenvalue weighted by Gasteiger charge is 2.37. The van der Waals surface area contributed by atoms with Gasteiger partial charge in [0.05, 0.1) is 24.3 Å². The number of hydrogen-bond donors (Lipinski definition) is 1. The van der Waals surface area contributed by atoms with E-state index in [4.69, 9.17) is 16.3 Å². The van der Waals surface area contributed by atoms with Gasteiger partial charge in [0.15, 0.2) is 0 Å². The molecule has 1 fully saturated rings. The first-order valence-corrected chi connectivity index (χ1v) is 8.69. The number of anilines is 2. The zero-order valence-corrected chi connectivity index (χ0v) is 15.5. The van der Waals surface area contributed by atoms with Crippen molar-refractivity contribution in [2.45, 2.75) is 12.6 Å². The van der Waals surface area contributed by atoms with Gasteiger partial charge in [0, 0.05) is 23.7 Å². The summed E-state index contributed by atoms with van der Waals surface area (Å²) < 4.78 is 43.9. The molecule has 0 aromatic heterocycles. The van der Waals surface area contributed by atoms with Gasteiger partial charge in [0.2, 0.25) is 11.8 Å². The van der Waals surface area contributed by atoms with E-state index in [-0.39, 0.29) is 18.7 Å². The maximum absolute atomic E-state index is 12.9. The number of halogens is 4. The number of nitrogens with zero attached hydrogens (tertiary/aromatic N) is 1. The summed E-state index contributed by atoms with van der Waals surface area (Å²) in [5, 5.41) is 3.06. The van der Waals surface area contributed by atoms with Crippen LogP contribution < -0.4 is 15.0 Å². The number of ether oxygens (including phenoxy) is 1. The van der Waals surface area contributed by atoms with Crippen LogP contribution in [0.2, 0.25) is 5.02 Å². The fourth-order valence-electron chi connectivity index (χ4n) is 3.00. The first-order chi connectivity index (χ1) is 13.2. The van der Waals surface area contributed by atoms with Gasteiger partial charge in [0.25, 0.3) is 0 Å². The standard InChI is InChI=1S/C19H16ClF3N2O3/c1-28-16-6-5-13(20)9-15(16)24-18(27)11-7-17(26)25(10-11)14-4-2-3-12(8-14)19(21,22)23/h2-6,8-9,11H,7,10H2,1H3,(H,24,27)/t11-/m0/s1. The molecule has 1 heterocycles. The van der Waals surface area contributed by atoms with Crippen molar-refractivity contribution in [2.75, 3.05) is 23.9 Å². The molecule has 0 unspecified atom stereocenters. The number of hydrogen-bond acceptors (Lipinski definition) is 3. The van der Waals surface area contributed by atoms with E-state index in [2.05, 4.69) is 5.32 Å². The molecule has 0 spiro atoms. The Hall–Kier alpha value is -2.74. The number of benzene rings is 2. The molecule has 1 aliphatic heterocycles. The van der Waals surface area contributed by atoms with E-state index in [1.165, 1.54) is 30.2 Å². The summed E-state index contributed by atoms with van der Waals surface area (Å²) in [5.41, 5.74) is -0.394. The largest absolute Gasteiger partial charge is 0.495 e. The molecule has 0 bridgehead atoms. The molecule has 3 rings (SSSR count). The molecule has 2 amide bonds. The molecule has 1 aliphatic rings. The van der Waals surface area contributed by atoms with Gasteiger partial charge in [0.1, 0.15) is 5.75 Å². The quantitative estimate of drug-likeness (QED) is 0.811. The highest BCUT2D eigenvalue weighted by atomic mass is 35.5. The molecule has 9 heteroatoms. The smallest absolute Gasteiger partial charge is 0.416 e. The van der Waals surface area contributed by atoms with Crippen LogP contribution in [0.3, 0.4) is 0 Å². The predicted octanol–water partition coefficient (Wildman–Crippen LogP) is 4.36. The number of nitrogens with one attached hydrogen (secondary N) is 1. The van der Waals surface area contributed by atoms with Crippen molar-refractivity contribution >= 4 is 34.8 Å². The van der Waals surface area contributed by atoms with E-state index in [0.717, 1.165) is 12.1 Å². The Bertz CT molecular complexity index is 918. The van der Waals surface area contributed by atoms with E-state index in [0.29, 0.717) is 16.5 Å². The number of alkyl halides is 3. The molecule has 5 nitrogen and oxygen atoms in total. The molecule has 28 heavy (non-hydrogen) atoms. The average Bonchev–Trinajstić information content (AvgIpc) is 3.03. The van der Waals surface area contributed by atoms with E-state index in [1.54, 1.807) is 12.1 Å². The summed E-state index contributed by atoms with van der Waals surface area (Å²) >= 11 is 5.93. The number of carbonyl (C=O) groups is 2. The van der Waals surface area contributed by atoms with Gasteiger partial charge in [-0.25, -0.2) is 0 Å². The Kier molecular flexibility index (Phi) is 5.51. The van der Waals surface area contributed by atoms with E-state index in [1.807, 2.05) is 0 Å². The maximum atomic E-state index is 12.9. The summed E-state index contributed by atoms with van der Waals surface area (Å²) in [6.07, 6.45) is -4.62.